The van der Waals surface area contributed by atoms with Crippen molar-refractivity contribution in [2.24, 2.45) is 11.8 Å². The molecule has 11 heteroatoms. The van der Waals surface area contributed by atoms with Crippen LogP contribution < -0.4 is 5.32 Å². The van der Waals surface area contributed by atoms with Crippen molar-refractivity contribution < 1.29 is 37.3 Å². The van der Waals surface area contributed by atoms with Crippen molar-refractivity contribution in [1.82, 2.24) is 10.2 Å². The summed E-state index contributed by atoms with van der Waals surface area (Å²) in [6.07, 6.45) is -3.89. The number of carboxylic acids is 1. The van der Waals surface area contributed by atoms with E-state index in [0.29, 0.717) is 19.1 Å². The molecule has 0 spiro atoms. The molecule has 7 nitrogen and oxygen atoms in total. The van der Waals surface area contributed by atoms with Gasteiger partial charge in [-0.15, -0.1) is 11.3 Å². The zero-order valence-electron chi connectivity index (χ0n) is 16.9. The van der Waals surface area contributed by atoms with Gasteiger partial charge in [-0.1, -0.05) is 0 Å². The van der Waals surface area contributed by atoms with Crippen LogP contribution in [0.4, 0.5) is 13.2 Å². The molecule has 0 saturated carbocycles. The first-order valence-corrected chi connectivity index (χ1v) is 10.4. The van der Waals surface area contributed by atoms with Gasteiger partial charge in [-0.2, -0.15) is 13.2 Å². The van der Waals surface area contributed by atoms with Crippen molar-refractivity contribution in [2.45, 2.75) is 32.2 Å². The van der Waals surface area contributed by atoms with E-state index in [-0.39, 0.29) is 17.9 Å². The highest BCUT2D eigenvalue weighted by molar-refractivity contribution is 7.10. The van der Waals surface area contributed by atoms with Gasteiger partial charge >= 0.3 is 12.1 Å². The van der Waals surface area contributed by atoms with Crippen LogP contribution in [0.3, 0.4) is 0 Å². The standard InChI is InChI=1S/C17H26N2O3S.C2HF3O2/c1-12-4-8-23-16(12)11-19-9-14(17(20)18-5-7-21-2)13-3-6-22-15(13)10-19;3-2(4,5)1(6)7/h4,8,13-15H,3,5-7,9-11H2,1-2H3,(H,18,20);(H,6,7)/t13-,14-,15+;/m0./s1. The number of thiophene rings is 1. The molecule has 2 saturated heterocycles. The van der Waals surface area contributed by atoms with E-state index in [0.717, 1.165) is 32.7 Å². The van der Waals surface area contributed by atoms with Gasteiger partial charge in [0.15, 0.2) is 0 Å². The fourth-order valence-electron chi connectivity index (χ4n) is 3.64. The van der Waals surface area contributed by atoms with Gasteiger partial charge in [-0.05, 0) is 30.4 Å². The van der Waals surface area contributed by atoms with E-state index < -0.39 is 12.1 Å². The minimum atomic E-state index is -5.08. The Balaban J connectivity index is 0.000000396. The summed E-state index contributed by atoms with van der Waals surface area (Å²) in [5.74, 6) is -2.23. The SMILES string of the molecule is COCCNC(=O)[C@H]1CN(Cc2sccc2C)C[C@H]2OCC[C@@H]12.O=C(O)C(F)(F)F. The van der Waals surface area contributed by atoms with Crippen molar-refractivity contribution in [3.63, 3.8) is 0 Å². The van der Waals surface area contributed by atoms with Gasteiger partial charge in [-0.3, -0.25) is 9.69 Å². The van der Waals surface area contributed by atoms with Crippen LogP contribution in [-0.2, 0) is 25.6 Å². The third-order valence-electron chi connectivity index (χ3n) is 5.19. The van der Waals surface area contributed by atoms with Crippen molar-refractivity contribution in [1.29, 1.82) is 0 Å². The molecule has 2 aliphatic heterocycles. The number of nitrogens with one attached hydrogen (secondary N) is 1. The quantitative estimate of drug-likeness (QED) is 0.644. The summed E-state index contributed by atoms with van der Waals surface area (Å²) in [6, 6.07) is 2.16. The second kappa shape index (κ2) is 11.1. The lowest BCUT2D eigenvalue weighted by molar-refractivity contribution is -0.192. The summed E-state index contributed by atoms with van der Waals surface area (Å²) in [6.45, 7) is 6.74. The molecule has 0 unspecified atom stereocenters. The van der Waals surface area contributed by atoms with E-state index in [9.17, 15) is 18.0 Å². The Morgan fingerprint density at radius 2 is 2.10 bits per heavy atom. The number of alkyl halides is 3. The topological polar surface area (TPSA) is 88.1 Å². The highest BCUT2D eigenvalue weighted by Crippen LogP contribution is 2.35. The lowest BCUT2D eigenvalue weighted by Crippen LogP contribution is -2.52. The molecule has 2 fully saturated rings. The van der Waals surface area contributed by atoms with E-state index in [4.69, 9.17) is 19.4 Å². The van der Waals surface area contributed by atoms with Gasteiger partial charge in [0.1, 0.15) is 0 Å². The average molecular weight is 452 g/mol. The molecule has 3 heterocycles. The molecule has 0 aliphatic carbocycles. The molecule has 3 atom stereocenters. The fourth-order valence-corrected chi connectivity index (χ4v) is 4.59. The number of amides is 1. The second-order valence-electron chi connectivity index (χ2n) is 7.28. The molecule has 1 aromatic rings. The number of hydrogen-bond donors (Lipinski definition) is 2. The largest absolute Gasteiger partial charge is 0.490 e. The predicted molar refractivity (Wildman–Crippen MR) is 104 cm³/mol. The van der Waals surface area contributed by atoms with Crippen LogP contribution in [0.25, 0.3) is 0 Å². The van der Waals surface area contributed by atoms with Crippen LogP contribution in [0.15, 0.2) is 11.4 Å². The Morgan fingerprint density at radius 1 is 1.40 bits per heavy atom. The Labute approximate surface area is 177 Å². The molecule has 3 rings (SSSR count). The van der Waals surface area contributed by atoms with Crippen molar-refractivity contribution in [2.75, 3.05) is 40.0 Å². The third kappa shape index (κ3) is 6.93. The number of ether oxygens (including phenoxy) is 2. The van der Waals surface area contributed by atoms with E-state index >= 15 is 0 Å². The summed E-state index contributed by atoms with van der Waals surface area (Å²) >= 11 is 1.80. The van der Waals surface area contributed by atoms with Gasteiger partial charge in [0.05, 0.1) is 18.6 Å². The lowest BCUT2D eigenvalue weighted by atomic mass is 9.82. The molecular weight excluding hydrogens is 425 g/mol. The Kier molecular flexibility index (Phi) is 9.08. The van der Waals surface area contributed by atoms with E-state index in [1.807, 2.05) is 0 Å². The smallest absolute Gasteiger partial charge is 0.475 e. The zero-order valence-corrected chi connectivity index (χ0v) is 17.7. The summed E-state index contributed by atoms with van der Waals surface area (Å²) < 4.78 is 42.7. The van der Waals surface area contributed by atoms with Gasteiger partial charge in [0.25, 0.3) is 0 Å². The van der Waals surface area contributed by atoms with E-state index in [1.54, 1.807) is 18.4 Å². The Hall–Kier alpha value is -1.69. The Bertz CT molecular complexity index is 713. The summed E-state index contributed by atoms with van der Waals surface area (Å²) in [5.41, 5.74) is 1.34. The number of nitrogens with zero attached hydrogens (tertiary/aromatic N) is 1. The number of likely N-dealkylation sites (tertiary alicyclic amines) is 1. The van der Waals surface area contributed by atoms with Gasteiger partial charge in [0, 0.05) is 50.7 Å². The number of aliphatic carboxylic acids is 1. The maximum atomic E-state index is 12.6. The van der Waals surface area contributed by atoms with E-state index in [1.165, 1.54) is 10.4 Å². The van der Waals surface area contributed by atoms with Gasteiger partial charge in [0.2, 0.25) is 5.91 Å². The maximum Gasteiger partial charge on any atom is 0.490 e. The first kappa shape index (κ1) is 24.6. The molecule has 170 valence electrons. The predicted octanol–water partition coefficient (Wildman–Crippen LogP) is 2.29. The highest BCUT2D eigenvalue weighted by Gasteiger charge is 2.43. The number of carbonyl (C=O) groups is 2. The molecule has 0 aromatic carbocycles. The number of aryl methyl sites for hydroxylation is 1. The number of hydrogen-bond acceptors (Lipinski definition) is 6. The van der Waals surface area contributed by atoms with Crippen LogP contribution in [0.1, 0.15) is 16.9 Å². The molecule has 2 aliphatic rings. The number of rotatable bonds is 6. The molecule has 2 N–H and O–H groups in total. The summed E-state index contributed by atoms with van der Waals surface area (Å²) in [5, 5.41) is 12.3. The number of methoxy groups -OCH3 is 1. The van der Waals surface area contributed by atoms with Crippen LogP contribution >= 0.6 is 11.3 Å². The normalized spacial score (nSPS) is 24.0. The fraction of sp³-hybridized carbons (Fsp3) is 0.684. The molecule has 1 aromatic heterocycles. The van der Waals surface area contributed by atoms with Crippen LogP contribution in [-0.4, -0.2) is 74.1 Å². The number of fused-ring (bicyclic) bond motifs is 1. The number of piperidine rings is 1. The highest BCUT2D eigenvalue weighted by atomic mass is 32.1. The van der Waals surface area contributed by atoms with Gasteiger partial charge < -0.3 is 19.9 Å². The molecular formula is C19H27F3N2O5S. The monoisotopic (exact) mass is 452 g/mol. The second-order valence-corrected chi connectivity index (χ2v) is 8.28. The average Bonchev–Trinajstić information content (AvgIpc) is 3.30. The third-order valence-corrected chi connectivity index (χ3v) is 6.20. The van der Waals surface area contributed by atoms with Crippen molar-refractivity contribution >= 4 is 23.2 Å². The number of carboxylic acid groups (broad SMARTS) is 1. The van der Waals surface area contributed by atoms with Crippen LogP contribution in [0, 0.1) is 18.8 Å². The van der Waals surface area contributed by atoms with Crippen LogP contribution in [0.2, 0.25) is 0 Å². The number of carbonyl (C=O) groups excluding carboxylic acids is 1. The molecule has 0 radical (unpaired) electrons. The first-order chi connectivity index (χ1) is 14.1. The van der Waals surface area contributed by atoms with Crippen molar-refractivity contribution in [3.05, 3.63) is 21.9 Å². The minimum absolute atomic E-state index is 0.0216. The van der Waals surface area contributed by atoms with Gasteiger partial charge in [-0.25, -0.2) is 4.79 Å². The van der Waals surface area contributed by atoms with Crippen molar-refractivity contribution in [3.8, 4) is 0 Å². The van der Waals surface area contributed by atoms with E-state index in [2.05, 4.69) is 28.6 Å². The summed E-state index contributed by atoms with van der Waals surface area (Å²) in [4.78, 5) is 25.2. The lowest BCUT2D eigenvalue weighted by Gasteiger charge is -2.39. The minimum Gasteiger partial charge on any atom is -0.475 e. The van der Waals surface area contributed by atoms with Crippen LogP contribution in [0.5, 0.6) is 0 Å². The molecule has 30 heavy (non-hydrogen) atoms. The zero-order chi connectivity index (χ0) is 22.3. The summed E-state index contributed by atoms with van der Waals surface area (Å²) in [7, 11) is 1.65. The molecule has 0 bridgehead atoms. The Morgan fingerprint density at radius 3 is 2.67 bits per heavy atom. The maximum absolute atomic E-state index is 12.6. The first-order valence-electron chi connectivity index (χ1n) is 9.57. The molecule has 1 amide bonds. The number of halogens is 3.